The van der Waals surface area contributed by atoms with E-state index in [2.05, 4.69) is 5.32 Å². The molecule has 2 aromatic rings. The maximum absolute atomic E-state index is 12.9. The van der Waals surface area contributed by atoms with Crippen molar-refractivity contribution < 1.29 is 18.7 Å². The third-order valence-corrected chi connectivity index (χ3v) is 5.09. The van der Waals surface area contributed by atoms with E-state index in [-0.39, 0.29) is 12.0 Å². The van der Waals surface area contributed by atoms with Crippen LogP contribution in [0, 0.1) is 0 Å². The van der Waals surface area contributed by atoms with E-state index in [1.165, 1.54) is 4.57 Å². The molecule has 1 aromatic heterocycles. The zero-order chi connectivity index (χ0) is 17.6. The maximum Gasteiger partial charge on any atom is 0.419 e. The number of benzene rings is 1. The molecule has 8 nitrogen and oxygen atoms in total. The molecular weight excluding hydrogens is 326 g/mol. The molecule has 2 aliphatic heterocycles. The summed E-state index contributed by atoms with van der Waals surface area (Å²) in [6.45, 7) is 1.63. The van der Waals surface area contributed by atoms with Crippen molar-refractivity contribution in [1.82, 2.24) is 14.8 Å². The van der Waals surface area contributed by atoms with Crippen LogP contribution in [0.4, 0.5) is 4.79 Å². The van der Waals surface area contributed by atoms with Crippen LogP contribution in [-0.2, 0) is 11.8 Å². The predicted molar refractivity (Wildman–Crippen MR) is 88.4 cm³/mol. The molecule has 1 atom stereocenters. The first-order valence-corrected chi connectivity index (χ1v) is 8.33. The van der Waals surface area contributed by atoms with E-state index in [1.54, 1.807) is 30.1 Å². The van der Waals surface area contributed by atoms with Gasteiger partial charge in [-0.3, -0.25) is 9.36 Å². The number of likely N-dealkylation sites (tertiary alicyclic amines) is 1. The molecule has 25 heavy (non-hydrogen) atoms. The molecule has 2 aliphatic rings. The lowest BCUT2D eigenvalue weighted by molar-refractivity contribution is 0.0438. The molecule has 8 heteroatoms. The van der Waals surface area contributed by atoms with Crippen LogP contribution < -0.4 is 11.1 Å². The van der Waals surface area contributed by atoms with Crippen LogP contribution in [0.3, 0.4) is 0 Å². The number of hydrogen-bond donors (Lipinski definition) is 1. The smallest absolute Gasteiger partial charge is 0.419 e. The number of ether oxygens (including phenoxy) is 1. The number of alkyl carbamates (subject to hydrolysis) is 1. The average molecular weight is 345 g/mol. The summed E-state index contributed by atoms with van der Waals surface area (Å²) in [4.78, 5) is 37.6. The molecule has 1 N–H and O–H groups in total. The largest absolute Gasteiger partial charge is 0.441 e. The number of oxazole rings is 1. The first-order chi connectivity index (χ1) is 12.0. The van der Waals surface area contributed by atoms with Crippen LogP contribution in [0.25, 0.3) is 11.1 Å². The SMILES string of the molecule is Cn1c(=O)oc2ccc(C(=O)N3CCC[C@]4(CC3)CNC(=O)O4)cc21. The number of nitrogens with zero attached hydrogens (tertiary/aromatic N) is 2. The molecule has 2 amide bonds. The minimum absolute atomic E-state index is 0.0927. The van der Waals surface area contributed by atoms with Crippen LogP contribution in [0.1, 0.15) is 29.6 Å². The molecule has 2 saturated heterocycles. The van der Waals surface area contributed by atoms with Gasteiger partial charge < -0.3 is 19.4 Å². The van der Waals surface area contributed by atoms with Gasteiger partial charge in [0.15, 0.2) is 5.58 Å². The van der Waals surface area contributed by atoms with E-state index in [1.807, 2.05) is 0 Å². The highest BCUT2D eigenvalue weighted by molar-refractivity contribution is 5.97. The van der Waals surface area contributed by atoms with E-state index in [9.17, 15) is 14.4 Å². The lowest BCUT2D eigenvalue weighted by Crippen LogP contribution is -2.36. The molecule has 0 unspecified atom stereocenters. The molecule has 132 valence electrons. The highest BCUT2D eigenvalue weighted by atomic mass is 16.6. The van der Waals surface area contributed by atoms with Gasteiger partial charge >= 0.3 is 11.8 Å². The van der Waals surface area contributed by atoms with Gasteiger partial charge in [0.1, 0.15) is 5.60 Å². The van der Waals surface area contributed by atoms with Gasteiger partial charge in [0, 0.05) is 32.1 Å². The van der Waals surface area contributed by atoms with Gasteiger partial charge in [-0.2, -0.15) is 0 Å². The van der Waals surface area contributed by atoms with Gasteiger partial charge in [0.25, 0.3) is 5.91 Å². The number of nitrogens with one attached hydrogen (secondary N) is 1. The number of carbonyl (C=O) groups is 2. The Hall–Kier alpha value is -2.77. The Kier molecular flexibility index (Phi) is 3.55. The molecule has 1 aromatic carbocycles. The van der Waals surface area contributed by atoms with Gasteiger partial charge in [0.2, 0.25) is 0 Å². The fourth-order valence-corrected chi connectivity index (χ4v) is 3.59. The first-order valence-electron chi connectivity index (χ1n) is 8.33. The highest BCUT2D eigenvalue weighted by Crippen LogP contribution is 2.30. The first kappa shape index (κ1) is 15.7. The normalized spacial score (nSPS) is 23.6. The maximum atomic E-state index is 12.9. The zero-order valence-corrected chi connectivity index (χ0v) is 13.9. The van der Waals surface area contributed by atoms with Crippen molar-refractivity contribution in [3.8, 4) is 0 Å². The lowest BCUT2D eigenvalue weighted by atomic mass is 9.95. The summed E-state index contributed by atoms with van der Waals surface area (Å²) in [6, 6.07) is 5.00. The minimum Gasteiger partial charge on any atom is -0.441 e. The van der Waals surface area contributed by atoms with Crippen molar-refractivity contribution in [3.63, 3.8) is 0 Å². The number of carbonyl (C=O) groups excluding carboxylic acids is 2. The summed E-state index contributed by atoms with van der Waals surface area (Å²) in [6.07, 6.45) is 1.74. The number of fused-ring (bicyclic) bond motifs is 1. The van der Waals surface area contributed by atoms with E-state index >= 15 is 0 Å². The molecule has 2 fully saturated rings. The molecule has 4 rings (SSSR count). The van der Waals surface area contributed by atoms with E-state index in [0.29, 0.717) is 42.7 Å². The Balaban J connectivity index is 1.55. The van der Waals surface area contributed by atoms with E-state index in [4.69, 9.17) is 9.15 Å². The second kappa shape index (κ2) is 5.65. The van der Waals surface area contributed by atoms with Crippen molar-refractivity contribution in [1.29, 1.82) is 0 Å². The van der Waals surface area contributed by atoms with Gasteiger partial charge in [-0.05, 0) is 31.0 Å². The van der Waals surface area contributed by atoms with Crippen LogP contribution in [0.2, 0.25) is 0 Å². The lowest BCUT2D eigenvalue weighted by Gasteiger charge is -2.25. The number of rotatable bonds is 1. The predicted octanol–water partition coefficient (Wildman–Crippen LogP) is 1.24. The molecule has 3 heterocycles. The molecule has 0 radical (unpaired) electrons. The van der Waals surface area contributed by atoms with Gasteiger partial charge in [-0.15, -0.1) is 0 Å². The number of aryl methyl sites for hydroxylation is 1. The summed E-state index contributed by atoms with van der Waals surface area (Å²) in [5, 5.41) is 2.70. The van der Waals surface area contributed by atoms with E-state index < -0.39 is 11.4 Å². The molecule has 1 spiro atoms. The second-order valence-electron chi connectivity index (χ2n) is 6.68. The van der Waals surface area contributed by atoms with Crippen molar-refractivity contribution in [2.24, 2.45) is 7.05 Å². The van der Waals surface area contributed by atoms with Crippen molar-refractivity contribution in [3.05, 3.63) is 34.3 Å². The highest BCUT2D eigenvalue weighted by Gasteiger charge is 2.41. The molecule has 0 saturated carbocycles. The third kappa shape index (κ3) is 2.67. The summed E-state index contributed by atoms with van der Waals surface area (Å²) >= 11 is 0. The Bertz CT molecular complexity index is 915. The van der Waals surface area contributed by atoms with Crippen LogP contribution in [0.15, 0.2) is 27.4 Å². The quantitative estimate of drug-likeness (QED) is 0.839. The van der Waals surface area contributed by atoms with Gasteiger partial charge in [-0.1, -0.05) is 0 Å². The molecule has 0 bridgehead atoms. The number of amides is 2. The third-order valence-electron chi connectivity index (χ3n) is 5.09. The minimum atomic E-state index is -0.496. The van der Waals surface area contributed by atoms with E-state index in [0.717, 1.165) is 12.8 Å². The Labute approximate surface area is 143 Å². The van der Waals surface area contributed by atoms with Crippen LogP contribution in [0.5, 0.6) is 0 Å². The molecular formula is C17H19N3O5. The summed E-state index contributed by atoms with van der Waals surface area (Å²) in [5.74, 6) is -0.545. The molecule has 0 aliphatic carbocycles. The monoisotopic (exact) mass is 345 g/mol. The Morgan fingerprint density at radius 2 is 2.08 bits per heavy atom. The fourth-order valence-electron chi connectivity index (χ4n) is 3.59. The Morgan fingerprint density at radius 3 is 2.84 bits per heavy atom. The van der Waals surface area contributed by atoms with Crippen molar-refractivity contribution >= 4 is 23.1 Å². The van der Waals surface area contributed by atoms with Crippen LogP contribution in [-0.4, -0.2) is 46.7 Å². The number of hydrogen-bond acceptors (Lipinski definition) is 5. The number of aromatic nitrogens is 1. The van der Waals surface area contributed by atoms with Crippen molar-refractivity contribution in [2.45, 2.75) is 24.9 Å². The summed E-state index contributed by atoms with van der Waals surface area (Å²) < 4.78 is 11.9. The van der Waals surface area contributed by atoms with Crippen LogP contribution >= 0.6 is 0 Å². The fraction of sp³-hybridized carbons (Fsp3) is 0.471. The van der Waals surface area contributed by atoms with Gasteiger partial charge in [-0.25, -0.2) is 9.59 Å². The summed E-state index contributed by atoms with van der Waals surface area (Å²) in [7, 11) is 1.61. The standard InChI is InChI=1S/C17H19N3O5/c1-19-12-9-11(3-4-13(12)24-16(19)23)14(21)20-7-2-5-17(6-8-20)10-18-15(22)25-17/h3-4,9H,2,5-8,10H2,1H3,(H,18,22)/t17-/m0/s1. The summed E-state index contributed by atoms with van der Waals surface area (Å²) in [5.41, 5.74) is 1.07. The van der Waals surface area contributed by atoms with Crippen molar-refractivity contribution in [2.75, 3.05) is 19.6 Å². The van der Waals surface area contributed by atoms with Gasteiger partial charge in [0.05, 0.1) is 12.1 Å². The zero-order valence-electron chi connectivity index (χ0n) is 13.9. The second-order valence-corrected chi connectivity index (χ2v) is 6.68. The topological polar surface area (TPSA) is 93.8 Å². The Morgan fingerprint density at radius 1 is 1.24 bits per heavy atom. The average Bonchev–Trinajstić information content (AvgIpc) is 3.01.